The summed E-state index contributed by atoms with van der Waals surface area (Å²) in [6, 6.07) is 7.80. The van der Waals surface area contributed by atoms with Gasteiger partial charge in [-0.05, 0) is 37.6 Å². The molecule has 1 aromatic heterocycles. The van der Waals surface area contributed by atoms with Crippen LogP contribution in [0.25, 0.3) is 10.6 Å². The van der Waals surface area contributed by atoms with Crippen molar-refractivity contribution in [3.63, 3.8) is 0 Å². The predicted molar refractivity (Wildman–Crippen MR) is 85.8 cm³/mol. The van der Waals surface area contributed by atoms with Crippen molar-refractivity contribution in [3.8, 4) is 16.3 Å². The van der Waals surface area contributed by atoms with Crippen molar-refractivity contribution in [1.82, 2.24) is 10.3 Å². The number of amides is 1. The smallest absolute Gasteiger partial charge is 0.225 e. The first kappa shape index (κ1) is 15.5. The summed E-state index contributed by atoms with van der Waals surface area (Å²) in [4.78, 5) is 17.4. The largest absolute Gasteiger partial charge is 0.497 e. The molecule has 0 aliphatic rings. The molecule has 1 amide bonds. The minimum atomic E-state index is 0.0601. The molecule has 0 spiro atoms. The van der Waals surface area contributed by atoms with Gasteiger partial charge in [-0.15, -0.1) is 11.3 Å². The Balaban J connectivity index is 2.12. The third kappa shape index (κ3) is 4.04. The summed E-state index contributed by atoms with van der Waals surface area (Å²) in [5, 5.41) is 3.83. The normalized spacial score (nSPS) is 10.4. The molecular weight excluding hydrogens is 284 g/mol. The molecule has 0 saturated heterocycles. The molecule has 1 N–H and O–H groups in total. The fraction of sp³-hybridized carbons (Fsp3) is 0.375. The van der Waals surface area contributed by atoms with Crippen LogP contribution >= 0.6 is 11.3 Å². The number of nitrogens with zero attached hydrogens (tertiary/aromatic N) is 1. The van der Waals surface area contributed by atoms with Crippen LogP contribution in [-0.2, 0) is 11.2 Å². The second kappa shape index (κ2) is 7.22. The van der Waals surface area contributed by atoms with Gasteiger partial charge in [0.1, 0.15) is 10.8 Å². The number of methoxy groups -OCH3 is 1. The van der Waals surface area contributed by atoms with Crippen molar-refractivity contribution in [1.29, 1.82) is 0 Å². The first-order valence-electron chi connectivity index (χ1n) is 7.01. The van der Waals surface area contributed by atoms with Gasteiger partial charge in [0.2, 0.25) is 5.91 Å². The van der Waals surface area contributed by atoms with Crippen molar-refractivity contribution >= 4 is 17.2 Å². The third-order valence-corrected chi connectivity index (χ3v) is 4.33. The molecule has 4 nitrogen and oxygen atoms in total. The molecule has 5 heteroatoms. The predicted octanol–water partition coefficient (Wildman–Crippen LogP) is 3.20. The van der Waals surface area contributed by atoms with Crippen molar-refractivity contribution in [3.05, 3.63) is 34.8 Å². The van der Waals surface area contributed by atoms with Crippen LogP contribution < -0.4 is 10.1 Å². The Morgan fingerprint density at radius 2 is 2.05 bits per heavy atom. The number of thiazole rings is 1. The molecule has 1 heterocycles. The summed E-state index contributed by atoms with van der Waals surface area (Å²) in [5.74, 6) is 0.885. The highest BCUT2D eigenvalue weighted by Gasteiger charge is 2.12. The zero-order valence-electron chi connectivity index (χ0n) is 12.6. The Morgan fingerprint density at radius 1 is 1.33 bits per heavy atom. The van der Waals surface area contributed by atoms with E-state index in [-0.39, 0.29) is 5.91 Å². The number of nitrogens with one attached hydrogen (secondary N) is 1. The molecule has 0 fully saturated rings. The molecule has 0 aliphatic heterocycles. The molecule has 2 rings (SSSR count). The van der Waals surface area contributed by atoms with Crippen LogP contribution in [0, 0.1) is 6.92 Å². The second-order valence-electron chi connectivity index (χ2n) is 4.78. The van der Waals surface area contributed by atoms with Crippen LogP contribution in [0.3, 0.4) is 0 Å². The summed E-state index contributed by atoms with van der Waals surface area (Å²) < 4.78 is 5.15. The molecule has 0 aliphatic carbocycles. The van der Waals surface area contributed by atoms with Gasteiger partial charge in [-0.25, -0.2) is 4.98 Å². The summed E-state index contributed by atoms with van der Waals surface area (Å²) >= 11 is 1.58. The van der Waals surface area contributed by atoms with E-state index in [4.69, 9.17) is 4.74 Å². The Bertz CT molecular complexity index is 605. The molecule has 0 radical (unpaired) electrons. The minimum Gasteiger partial charge on any atom is -0.497 e. The Labute approximate surface area is 129 Å². The zero-order chi connectivity index (χ0) is 15.2. The number of hydrogen-bond donors (Lipinski definition) is 1. The Morgan fingerprint density at radius 3 is 2.67 bits per heavy atom. The molecule has 0 bridgehead atoms. The monoisotopic (exact) mass is 304 g/mol. The lowest BCUT2D eigenvalue weighted by Crippen LogP contribution is -2.25. The fourth-order valence-electron chi connectivity index (χ4n) is 1.92. The van der Waals surface area contributed by atoms with E-state index in [2.05, 4.69) is 10.3 Å². The zero-order valence-corrected chi connectivity index (χ0v) is 13.4. The Kier molecular flexibility index (Phi) is 5.33. The quantitative estimate of drug-likeness (QED) is 0.891. The van der Waals surface area contributed by atoms with Crippen molar-refractivity contribution in [2.75, 3.05) is 13.7 Å². The average molecular weight is 304 g/mol. The van der Waals surface area contributed by atoms with E-state index in [1.165, 1.54) is 0 Å². The van der Waals surface area contributed by atoms with Crippen molar-refractivity contribution < 1.29 is 9.53 Å². The van der Waals surface area contributed by atoms with Gasteiger partial charge in [0.05, 0.1) is 19.2 Å². The minimum absolute atomic E-state index is 0.0601. The van der Waals surface area contributed by atoms with Crippen LogP contribution in [0.4, 0.5) is 0 Å². The van der Waals surface area contributed by atoms with Crippen LogP contribution in [-0.4, -0.2) is 24.5 Å². The fourth-order valence-corrected chi connectivity index (χ4v) is 2.99. The third-order valence-electron chi connectivity index (χ3n) is 3.12. The molecule has 0 unspecified atom stereocenters. The van der Waals surface area contributed by atoms with E-state index in [1.54, 1.807) is 18.4 Å². The Hall–Kier alpha value is -1.88. The van der Waals surface area contributed by atoms with Gasteiger partial charge in [0, 0.05) is 17.0 Å². The first-order chi connectivity index (χ1) is 10.1. The van der Waals surface area contributed by atoms with E-state index in [9.17, 15) is 4.79 Å². The van der Waals surface area contributed by atoms with E-state index in [1.807, 2.05) is 38.1 Å². The average Bonchev–Trinajstić information content (AvgIpc) is 2.86. The van der Waals surface area contributed by atoms with Gasteiger partial charge < -0.3 is 10.1 Å². The maximum Gasteiger partial charge on any atom is 0.225 e. The van der Waals surface area contributed by atoms with Gasteiger partial charge in [-0.1, -0.05) is 6.92 Å². The molecule has 2 aromatic rings. The van der Waals surface area contributed by atoms with Crippen LogP contribution in [0.15, 0.2) is 24.3 Å². The second-order valence-corrected chi connectivity index (χ2v) is 5.87. The molecular formula is C16H20N2O2S. The molecule has 1 aromatic carbocycles. The maximum absolute atomic E-state index is 11.8. The van der Waals surface area contributed by atoms with Crippen LogP contribution in [0.5, 0.6) is 5.75 Å². The van der Waals surface area contributed by atoms with Crippen LogP contribution in [0.2, 0.25) is 0 Å². The number of aromatic nitrogens is 1. The summed E-state index contributed by atoms with van der Waals surface area (Å²) in [6.07, 6.45) is 1.35. The molecule has 112 valence electrons. The van der Waals surface area contributed by atoms with E-state index >= 15 is 0 Å². The van der Waals surface area contributed by atoms with Crippen LogP contribution in [0.1, 0.15) is 23.9 Å². The topological polar surface area (TPSA) is 51.2 Å². The van der Waals surface area contributed by atoms with Crippen molar-refractivity contribution in [2.45, 2.75) is 26.7 Å². The van der Waals surface area contributed by atoms with E-state index in [0.717, 1.165) is 39.9 Å². The number of hydrogen-bond acceptors (Lipinski definition) is 4. The highest BCUT2D eigenvalue weighted by atomic mass is 32.1. The number of carbonyl (C=O) groups excluding carboxylic acids is 1. The number of rotatable bonds is 6. The number of carbonyl (C=O) groups is 1. The lowest BCUT2D eigenvalue weighted by molar-refractivity contribution is -0.120. The van der Waals surface area contributed by atoms with Crippen molar-refractivity contribution in [2.24, 2.45) is 0 Å². The number of aryl methyl sites for hydroxylation is 1. The standard InChI is InChI=1S/C16H20N2O2S/c1-4-9-17-15(19)10-14-11(2)18-16(21-14)12-5-7-13(20-3)8-6-12/h5-8H,4,9-10H2,1-3H3,(H,17,19). The number of ether oxygens (including phenoxy) is 1. The number of benzene rings is 1. The SMILES string of the molecule is CCCNC(=O)Cc1sc(-c2ccc(OC)cc2)nc1C. The van der Waals surface area contributed by atoms with Gasteiger partial charge in [0.15, 0.2) is 0 Å². The first-order valence-corrected chi connectivity index (χ1v) is 7.83. The highest BCUT2D eigenvalue weighted by Crippen LogP contribution is 2.29. The van der Waals surface area contributed by atoms with Gasteiger partial charge in [-0.2, -0.15) is 0 Å². The highest BCUT2D eigenvalue weighted by molar-refractivity contribution is 7.15. The molecule has 0 saturated carbocycles. The van der Waals surface area contributed by atoms with Gasteiger partial charge in [0.25, 0.3) is 0 Å². The lowest BCUT2D eigenvalue weighted by Gasteiger charge is -2.01. The molecule has 21 heavy (non-hydrogen) atoms. The summed E-state index contributed by atoms with van der Waals surface area (Å²) in [5.41, 5.74) is 1.97. The van der Waals surface area contributed by atoms with E-state index in [0.29, 0.717) is 6.42 Å². The lowest BCUT2D eigenvalue weighted by atomic mass is 10.2. The summed E-state index contributed by atoms with van der Waals surface area (Å²) in [7, 11) is 1.65. The summed E-state index contributed by atoms with van der Waals surface area (Å²) in [6.45, 7) is 4.72. The van der Waals surface area contributed by atoms with E-state index < -0.39 is 0 Å². The van der Waals surface area contributed by atoms with Gasteiger partial charge in [-0.3, -0.25) is 4.79 Å². The van der Waals surface area contributed by atoms with Gasteiger partial charge >= 0.3 is 0 Å². The molecule has 0 atom stereocenters. The maximum atomic E-state index is 11.8.